The van der Waals surface area contributed by atoms with E-state index >= 15 is 0 Å². The fourth-order valence-electron chi connectivity index (χ4n) is 1.91. The number of phenols is 1. The quantitative estimate of drug-likeness (QED) is 0.773. The molecular formula is C15H17NO2. The highest BCUT2D eigenvalue weighted by atomic mass is 16.3. The van der Waals surface area contributed by atoms with Gasteiger partial charge in [-0.1, -0.05) is 30.3 Å². The third-order valence-corrected chi connectivity index (χ3v) is 2.93. The predicted molar refractivity (Wildman–Crippen MR) is 72.5 cm³/mol. The molecule has 0 aliphatic heterocycles. The van der Waals surface area contributed by atoms with Crippen molar-refractivity contribution in [2.24, 2.45) is 0 Å². The summed E-state index contributed by atoms with van der Waals surface area (Å²) in [5.41, 5.74) is 2.78. The zero-order valence-electron chi connectivity index (χ0n) is 10.3. The van der Waals surface area contributed by atoms with E-state index in [4.69, 9.17) is 0 Å². The van der Waals surface area contributed by atoms with E-state index in [1.807, 2.05) is 43.3 Å². The van der Waals surface area contributed by atoms with Crippen LogP contribution in [0.2, 0.25) is 0 Å². The lowest BCUT2D eigenvalue weighted by molar-refractivity contribution is 0.282. The van der Waals surface area contributed by atoms with Crippen molar-refractivity contribution in [3.05, 3.63) is 59.7 Å². The molecule has 2 aromatic carbocycles. The maximum atomic E-state index is 9.46. The summed E-state index contributed by atoms with van der Waals surface area (Å²) in [6.45, 7) is 2.03. The van der Waals surface area contributed by atoms with E-state index in [1.54, 1.807) is 12.1 Å². The number of nitrogens with one attached hydrogen (secondary N) is 1. The highest BCUT2D eigenvalue weighted by Crippen LogP contribution is 2.24. The van der Waals surface area contributed by atoms with E-state index in [0.29, 0.717) is 0 Å². The van der Waals surface area contributed by atoms with Crippen LogP contribution in [-0.4, -0.2) is 10.2 Å². The van der Waals surface area contributed by atoms with Crippen LogP contribution >= 0.6 is 0 Å². The summed E-state index contributed by atoms with van der Waals surface area (Å²) in [5.74, 6) is 0.261. The molecule has 0 radical (unpaired) electrons. The lowest BCUT2D eigenvalue weighted by atomic mass is 10.1. The van der Waals surface area contributed by atoms with E-state index in [1.165, 1.54) is 0 Å². The van der Waals surface area contributed by atoms with Gasteiger partial charge >= 0.3 is 0 Å². The van der Waals surface area contributed by atoms with Gasteiger partial charge in [-0.05, 0) is 30.7 Å². The molecule has 0 aliphatic carbocycles. The van der Waals surface area contributed by atoms with Gasteiger partial charge in [-0.25, -0.2) is 0 Å². The van der Waals surface area contributed by atoms with Crippen molar-refractivity contribution in [1.82, 2.24) is 0 Å². The molecule has 1 unspecified atom stereocenters. The van der Waals surface area contributed by atoms with Crippen LogP contribution in [0.15, 0.2) is 48.5 Å². The predicted octanol–water partition coefficient (Wildman–Crippen LogP) is 3.06. The molecule has 94 valence electrons. The van der Waals surface area contributed by atoms with Gasteiger partial charge in [0.15, 0.2) is 0 Å². The Morgan fingerprint density at radius 2 is 1.89 bits per heavy atom. The molecule has 0 amide bonds. The third kappa shape index (κ3) is 2.81. The van der Waals surface area contributed by atoms with Gasteiger partial charge in [-0.3, -0.25) is 0 Å². The summed E-state index contributed by atoms with van der Waals surface area (Å²) in [4.78, 5) is 0. The van der Waals surface area contributed by atoms with Crippen molar-refractivity contribution in [2.75, 3.05) is 5.32 Å². The van der Waals surface area contributed by atoms with Crippen LogP contribution in [-0.2, 0) is 6.61 Å². The number of phenolic OH excluding ortho intramolecular Hbond substituents is 1. The Kier molecular flexibility index (Phi) is 3.85. The third-order valence-electron chi connectivity index (χ3n) is 2.93. The van der Waals surface area contributed by atoms with Crippen molar-refractivity contribution in [3.63, 3.8) is 0 Å². The molecule has 1 atom stereocenters. The SMILES string of the molecule is CC(Nc1ccccc1CO)c1cccc(O)c1. The molecule has 2 rings (SSSR count). The van der Waals surface area contributed by atoms with Gasteiger partial charge in [-0.2, -0.15) is 0 Å². The second kappa shape index (κ2) is 5.56. The maximum absolute atomic E-state index is 9.46. The number of anilines is 1. The standard InChI is InChI=1S/C15H17NO2/c1-11(12-6-4-7-14(18)9-12)16-15-8-3-2-5-13(15)10-17/h2-9,11,16-18H,10H2,1H3. The van der Waals surface area contributed by atoms with Crippen LogP contribution < -0.4 is 5.32 Å². The molecule has 0 aliphatic rings. The molecule has 0 fully saturated rings. The number of para-hydroxylation sites is 1. The minimum atomic E-state index is 0.00985. The van der Waals surface area contributed by atoms with Crippen molar-refractivity contribution in [2.45, 2.75) is 19.6 Å². The molecule has 0 spiro atoms. The number of aromatic hydroxyl groups is 1. The molecule has 0 heterocycles. The van der Waals surface area contributed by atoms with Gasteiger partial charge in [0.25, 0.3) is 0 Å². The Balaban J connectivity index is 2.18. The minimum absolute atomic E-state index is 0.00985. The molecule has 18 heavy (non-hydrogen) atoms. The Morgan fingerprint density at radius 1 is 1.11 bits per heavy atom. The summed E-state index contributed by atoms with van der Waals surface area (Å²) in [5, 5.41) is 22.1. The largest absolute Gasteiger partial charge is 0.508 e. The summed E-state index contributed by atoms with van der Waals surface area (Å²) in [6, 6.07) is 14.9. The first kappa shape index (κ1) is 12.5. The summed E-state index contributed by atoms with van der Waals surface area (Å²) in [6.07, 6.45) is 0. The smallest absolute Gasteiger partial charge is 0.115 e. The van der Waals surface area contributed by atoms with Crippen LogP contribution in [0.25, 0.3) is 0 Å². The molecule has 2 aromatic rings. The Labute approximate surface area is 107 Å². The Bertz CT molecular complexity index is 525. The molecule has 0 bridgehead atoms. The molecule has 3 heteroatoms. The molecule has 0 aromatic heterocycles. The fourth-order valence-corrected chi connectivity index (χ4v) is 1.91. The van der Waals surface area contributed by atoms with Crippen molar-refractivity contribution < 1.29 is 10.2 Å². The number of rotatable bonds is 4. The van der Waals surface area contributed by atoms with Crippen molar-refractivity contribution in [3.8, 4) is 5.75 Å². The zero-order valence-corrected chi connectivity index (χ0v) is 10.3. The number of hydrogen-bond donors (Lipinski definition) is 3. The van der Waals surface area contributed by atoms with Crippen molar-refractivity contribution >= 4 is 5.69 Å². The zero-order chi connectivity index (χ0) is 13.0. The summed E-state index contributed by atoms with van der Waals surface area (Å²) >= 11 is 0. The van der Waals surface area contributed by atoms with Gasteiger partial charge in [0.05, 0.1) is 6.61 Å². The van der Waals surface area contributed by atoms with Gasteiger partial charge in [0.1, 0.15) is 5.75 Å². The Morgan fingerprint density at radius 3 is 2.61 bits per heavy atom. The number of hydrogen-bond acceptors (Lipinski definition) is 3. The average Bonchev–Trinajstić information content (AvgIpc) is 2.39. The van der Waals surface area contributed by atoms with E-state index in [9.17, 15) is 10.2 Å². The van der Waals surface area contributed by atoms with E-state index in [2.05, 4.69) is 5.32 Å². The highest BCUT2D eigenvalue weighted by Gasteiger charge is 2.08. The lowest BCUT2D eigenvalue weighted by Crippen LogP contribution is -2.08. The first-order valence-corrected chi connectivity index (χ1v) is 5.95. The monoisotopic (exact) mass is 243 g/mol. The van der Waals surface area contributed by atoms with E-state index in [0.717, 1.165) is 16.8 Å². The number of aliphatic hydroxyl groups excluding tert-OH is 1. The molecule has 0 saturated heterocycles. The van der Waals surface area contributed by atoms with Gasteiger partial charge < -0.3 is 15.5 Å². The lowest BCUT2D eigenvalue weighted by Gasteiger charge is -2.18. The van der Waals surface area contributed by atoms with Gasteiger partial charge in [0, 0.05) is 17.3 Å². The highest BCUT2D eigenvalue weighted by molar-refractivity contribution is 5.52. The molecular weight excluding hydrogens is 226 g/mol. The fraction of sp³-hybridized carbons (Fsp3) is 0.200. The van der Waals surface area contributed by atoms with Gasteiger partial charge in [-0.15, -0.1) is 0 Å². The Hall–Kier alpha value is -2.00. The van der Waals surface area contributed by atoms with Crippen molar-refractivity contribution in [1.29, 1.82) is 0 Å². The summed E-state index contributed by atoms with van der Waals surface area (Å²) < 4.78 is 0. The molecule has 3 nitrogen and oxygen atoms in total. The minimum Gasteiger partial charge on any atom is -0.508 e. The second-order valence-electron chi connectivity index (χ2n) is 4.28. The topological polar surface area (TPSA) is 52.5 Å². The molecule has 3 N–H and O–H groups in total. The van der Waals surface area contributed by atoms with Crippen LogP contribution in [0, 0.1) is 0 Å². The van der Waals surface area contributed by atoms with Crippen LogP contribution in [0.3, 0.4) is 0 Å². The van der Waals surface area contributed by atoms with Crippen LogP contribution in [0.5, 0.6) is 5.75 Å². The first-order chi connectivity index (χ1) is 8.70. The number of benzene rings is 2. The molecule has 0 saturated carbocycles. The van der Waals surface area contributed by atoms with Crippen LogP contribution in [0.4, 0.5) is 5.69 Å². The van der Waals surface area contributed by atoms with Crippen LogP contribution in [0.1, 0.15) is 24.1 Å². The summed E-state index contributed by atoms with van der Waals surface area (Å²) in [7, 11) is 0. The second-order valence-corrected chi connectivity index (χ2v) is 4.28. The van der Waals surface area contributed by atoms with Gasteiger partial charge in [0.2, 0.25) is 0 Å². The van der Waals surface area contributed by atoms with E-state index < -0.39 is 0 Å². The average molecular weight is 243 g/mol. The first-order valence-electron chi connectivity index (χ1n) is 5.95. The number of aliphatic hydroxyl groups is 1. The van der Waals surface area contributed by atoms with E-state index in [-0.39, 0.29) is 18.4 Å². The normalized spacial score (nSPS) is 12.1. The maximum Gasteiger partial charge on any atom is 0.115 e.